The Morgan fingerprint density at radius 2 is 1.94 bits per heavy atom. The van der Waals surface area contributed by atoms with Gasteiger partial charge in [0.15, 0.2) is 0 Å². The first-order chi connectivity index (χ1) is 8.75. The van der Waals surface area contributed by atoms with Crippen LogP contribution >= 0.6 is 11.3 Å². The van der Waals surface area contributed by atoms with E-state index in [4.69, 9.17) is 5.11 Å². The van der Waals surface area contributed by atoms with Crippen molar-refractivity contribution < 1.29 is 9.90 Å². The highest BCUT2D eigenvalue weighted by molar-refractivity contribution is 7.17. The number of carbonyl (C=O) groups is 1. The summed E-state index contributed by atoms with van der Waals surface area (Å²) in [5.41, 5.74) is 1.76. The van der Waals surface area contributed by atoms with E-state index in [9.17, 15) is 4.79 Å². The minimum absolute atomic E-state index is 0.0831. The van der Waals surface area contributed by atoms with Crippen LogP contribution in [0.3, 0.4) is 0 Å². The maximum Gasteiger partial charge on any atom is 0.354 e. The van der Waals surface area contributed by atoms with Gasteiger partial charge in [0.1, 0.15) is 5.69 Å². The molecule has 0 bridgehead atoms. The largest absolute Gasteiger partial charge is 0.477 e. The van der Waals surface area contributed by atoms with Gasteiger partial charge in [-0.1, -0.05) is 30.3 Å². The lowest BCUT2D eigenvalue weighted by molar-refractivity contribution is 0.0691. The van der Waals surface area contributed by atoms with Gasteiger partial charge in [0.25, 0.3) is 0 Å². The van der Waals surface area contributed by atoms with E-state index in [2.05, 4.69) is 4.98 Å². The highest BCUT2D eigenvalue weighted by Crippen LogP contribution is 2.31. The Kier molecular flexibility index (Phi) is 2.57. The molecule has 0 amide bonds. The first kappa shape index (κ1) is 10.9. The normalized spacial score (nSPS) is 10.7. The molecule has 3 rings (SSSR count). The van der Waals surface area contributed by atoms with E-state index in [1.165, 1.54) is 0 Å². The molecule has 2 aromatic heterocycles. The van der Waals surface area contributed by atoms with Gasteiger partial charge < -0.3 is 5.11 Å². The molecule has 3 aromatic rings. The van der Waals surface area contributed by atoms with Gasteiger partial charge in [0.2, 0.25) is 0 Å². The number of hydrogen-bond donors (Lipinski definition) is 1. The van der Waals surface area contributed by atoms with Crippen LogP contribution < -0.4 is 0 Å². The van der Waals surface area contributed by atoms with Gasteiger partial charge in [-0.15, -0.1) is 11.3 Å². The van der Waals surface area contributed by atoms with Crippen LogP contribution in [0.4, 0.5) is 0 Å². The van der Waals surface area contributed by atoms with E-state index in [1.54, 1.807) is 17.4 Å². The van der Waals surface area contributed by atoms with Crippen molar-refractivity contribution in [2.45, 2.75) is 0 Å². The summed E-state index contributed by atoms with van der Waals surface area (Å²) in [7, 11) is 0. The lowest BCUT2D eigenvalue weighted by Gasteiger charge is -2.04. The van der Waals surface area contributed by atoms with Crippen LogP contribution in [-0.4, -0.2) is 16.1 Å². The number of pyridine rings is 1. The molecule has 0 aliphatic carbocycles. The van der Waals surface area contributed by atoms with Crippen molar-refractivity contribution in [2.75, 3.05) is 0 Å². The first-order valence-corrected chi connectivity index (χ1v) is 6.30. The van der Waals surface area contributed by atoms with Crippen molar-refractivity contribution in [1.82, 2.24) is 4.98 Å². The fourth-order valence-corrected chi connectivity index (χ4v) is 2.77. The predicted molar refractivity (Wildman–Crippen MR) is 72.0 cm³/mol. The zero-order chi connectivity index (χ0) is 12.5. The van der Waals surface area contributed by atoms with Crippen LogP contribution in [-0.2, 0) is 0 Å². The van der Waals surface area contributed by atoms with Crippen LogP contribution in [0, 0.1) is 0 Å². The van der Waals surface area contributed by atoms with Crippen LogP contribution in [0.2, 0.25) is 0 Å². The molecule has 0 saturated carbocycles. The third kappa shape index (κ3) is 1.76. The smallest absolute Gasteiger partial charge is 0.354 e. The molecular formula is C14H9NO2S. The quantitative estimate of drug-likeness (QED) is 0.760. The fourth-order valence-electron chi connectivity index (χ4n) is 1.88. The van der Waals surface area contributed by atoms with Gasteiger partial charge >= 0.3 is 5.97 Å². The topological polar surface area (TPSA) is 50.2 Å². The van der Waals surface area contributed by atoms with Crippen molar-refractivity contribution in [3.05, 3.63) is 53.5 Å². The minimum Gasteiger partial charge on any atom is -0.477 e. The third-order valence-electron chi connectivity index (χ3n) is 2.70. The summed E-state index contributed by atoms with van der Waals surface area (Å²) in [6.45, 7) is 0. The number of carboxylic acids is 1. The van der Waals surface area contributed by atoms with Crippen molar-refractivity contribution in [1.29, 1.82) is 0 Å². The van der Waals surface area contributed by atoms with Gasteiger partial charge in [-0.2, -0.15) is 0 Å². The Labute approximate surface area is 107 Å². The summed E-state index contributed by atoms with van der Waals surface area (Å²) < 4.78 is 1.02. The second-order valence-corrected chi connectivity index (χ2v) is 4.78. The Morgan fingerprint density at radius 1 is 1.17 bits per heavy atom. The van der Waals surface area contributed by atoms with Gasteiger partial charge in [-0.25, -0.2) is 9.78 Å². The van der Waals surface area contributed by atoms with Crippen molar-refractivity contribution in [3.63, 3.8) is 0 Å². The number of fused-ring (bicyclic) bond motifs is 1. The zero-order valence-electron chi connectivity index (χ0n) is 9.33. The second kappa shape index (κ2) is 4.23. The van der Waals surface area contributed by atoms with Gasteiger partial charge in [-0.05, 0) is 22.9 Å². The molecule has 1 N–H and O–H groups in total. The summed E-state index contributed by atoms with van der Waals surface area (Å²) in [6, 6.07) is 13.2. The van der Waals surface area contributed by atoms with Gasteiger partial charge in [-0.3, -0.25) is 0 Å². The van der Waals surface area contributed by atoms with Crippen molar-refractivity contribution in [3.8, 4) is 11.3 Å². The number of benzene rings is 1. The number of aromatic nitrogens is 1. The van der Waals surface area contributed by atoms with E-state index >= 15 is 0 Å². The summed E-state index contributed by atoms with van der Waals surface area (Å²) in [4.78, 5) is 15.3. The lowest BCUT2D eigenvalue weighted by Crippen LogP contribution is -2.01. The summed E-state index contributed by atoms with van der Waals surface area (Å²) in [5.74, 6) is -1.000. The van der Waals surface area contributed by atoms with Crippen LogP contribution in [0.5, 0.6) is 0 Å². The van der Waals surface area contributed by atoms with Gasteiger partial charge in [0.05, 0.1) is 10.4 Å². The fraction of sp³-hybridized carbons (Fsp3) is 0. The predicted octanol–water partition coefficient (Wildman–Crippen LogP) is 3.66. The zero-order valence-corrected chi connectivity index (χ0v) is 10.1. The number of hydrogen-bond acceptors (Lipinski definition) is 3. The molecule has 0 unspecified atom stereocenters. The molecule has 0 aliphatic rings. The van der Waals surface area contributed by atoms with E-state index in [0.29, 0.717) is 0 Å². The number of nitrogens with zero attached hydrogens (tertiary/aromatic N) is 1. The molecule has 18 heavy (non-hydrogen) atoms. The van der Waals surface area contributed by atoms with E-state index in [0.717, 1.165) is 21.3 Å². The average molecular weight is 255 g/mol. The number of rotatable bonds is 2. The first-order valence-electron chi connectivity index (χ1n) is 5.42. The Hall–Kier alpha value is -2.20. The summed E-state index contributed by atoms with van der Waals surface area (Å²) in [6.07, 6.45) is 0. The van der Waals surface area contributed by atoms with E-state index in [-0.39, 0.29) is 5.69 Å². The second-order valence-electron chi connectivity index (χ2n) is 3.87. The summed E-state index contributed by atoms with van der Waals surface area (Å²) >= 11 is 1.57. The van der Waals surface area contributed by atoms with Crippen LogP contribution in [0.15, 0.2) is 47.8 Å². The SMILES string of the molecule is O=C(O)c1cc2ccsc2c(-c2ccccc2)n1. The monoisotopic (exact) mass is 255 g/mol. The molecule has 0 spiro atoms. The highest BCUT2D eigenvalue weighted by atomic mass is 32.1. The molecule has 3 nitrogen and oxygen atoms in total. The van der Waals surface area contributed by atoms with Crippen LogP contribution in [0.25, 0.3) is 21.3 Å². The maximum atomic E-state index is 11.1. The van der Waals surface area contributed by atoms with E-state index < -0.39 is 5.97 Å². The van der Waals surface area contributed by atoms with Crippen molar-refractivity contribution in [2.24, 2.45) is 0 Å². The van der Waals surface area contributed by atoms with Crippen LogP contribution in [0.1, 0.15) is 10.5 Å². The Balaban J connectivity index is 2.33. The molecule has 2 heterocycles. The highest BCUT2D eigenvalue weighted by Gasteiger charge is 2.12. The number of thiophene rings is 1. The molecule has 0 radical (unpaired) electrons. The maximum absolute atomic E-state index is 11.1. The molecule has 1 aromatic carbocycles. The summed E-state index contributed by atoms with van der Waals surface area (Å²) in [5, 5.41) is 12.0. The minimum atomic E-state index is -1.000. The molecule has 88 valence electrons. The molecule has 0 fully saturated rings. The van der Waals surface area contributed by atoms with Crippen molar-refractivity contribution >= 4 is 27.4 Å². The lowest BCUT2D eigenvalue weighted by atomic mass is 10.1. The molecule has 0 aliphatic heterocycles. The molecule has 4 heteroatoms. The number of aromatic carboxylic acids is 1. The van der Waals surface area contributed by atoms with E-state index in [1.807, 2.05) is 41.8 Å². The average Bonchev–Trinajstić information content (AvgIpc) is 2.86. The number of carboxylic acid groups (broad SMARTS) is 1. The Morgan fingerprint density at radius 3 is 2.67 bits per heavy atom. The standard InChI is InChI=1S/C14H9NO2S/c16-14(17)11-8-10-6-7-18-13(10)12(15-11)9-4-2-1-3-5-9/h1-8H,(H,16,17). The molecule has 0 saturated heterocycles. The Bertz CT molecular complexity index is 719. The van der Waals surface area contributed by atoms with Gasteiger partial charge in [0, 0.05) is 5.56 Å². The third-order valence-corrected chi connectivity index (χ3v) is 3.64. The molecule has 0 atom stereocenters. The molecular weight excluding hydrogens is 246 g/mol.